The van der Waals surface area contributed by atoms with Gasteiger partial charge in [-0.3, -0.25) is 4.79 Å². The number of ether oxygens (including phenoxy) is 1. The number of hydrogen-bond acceptors (Lipinski definition) is 3. The van der Waals surface area contributed by atoms with Gasteiger partial charge in [0.25, 0.3) is 0 Å². The molecule has 1 rings (SSSR count). The number of carbonyl (C=O) groups is 1. The fourth-order valence-corrected chi connectivity index (χ4v) is 2.43. The highest BCUT2D eigenvalue weighted by Gasteiger charge is 2.14. The zero-order chi connectivity index (χ0) is 13.2. The number of amides is 1. The molecule has 2 N–H and O–H groups in total. The van der Waals surface area contributed by atoms with Crippen LogP contribution in [-0.2, 0) is 9.53 Å². The van der Waals surface area contributed by atoms with E-state index >= 15 is 0 Å². The van der Waals surface area contributed by atoms with Gasteiger partial charge in [0.05, 0.1) is 12.6 Å². The van der Waals surface area contributed by atoms with Crippen LogP contribution in [0.15, 0.2) is 0 Å². The molecule has 1 fully saturated rings. The predicted octanol–water partition coefficient (Wildman–Crippen LogP) is 1.84. The highest BCUT2D eigenvalue weighted by Crippen LogP contribution is 2.16. The van der Waals surface area contributed by atoms with Crippen molar-refractivity contribution in [3.05, 3.63) is 0 Å². The third-order valence-corrected chi connectivity index (χ3v) is 3.39. The first-order chi connectivity index (χ1) is 8.72. The van der Waals surface area contributed by atoms with Crippen LogP contribution in [0.5, 0.6) is 0 Å². The van der Waals surface area contributed by atoms with E-state index in [4.69, 9.17) is 4.74 Å². The Morgan fingerprint density at radius 1 is 1.28 bits per heavy atom. The van der Waals surface area contributed by atoms with E-state index in [9.17, 15) is 4.79 Å². The normalized spacial score (nSPS) is 19.2. The summed E-state index contributed by atoms with van der Waals surface area (Å²) in [6.07, 6.45) is 7.58. The Bertz CT molecular complexity index is 226. The van der Waals surface area contributed by atoms with Gasteiger partial charge in [0.2, 0.25) is 5.91 Å². The van der Waals surface area contributed by atoms with Crippen molar-refractivity contribution in [1.29, 1.82) is 0 Å². The van der Waals surface area contributed by atoms with Gasteiger partial charge >= 0.3 is 0 Å². The molecule has 1 atom stereocenters. The first kappa shape index (κ1) is 15.4. The summed E-state index contributed by atoms with van der Waals surface area (Å²) in [5.74, 6) is 0.116. The highest BCUT2D eigenvalue weighted by atomic mass is 16.5. The van der Waals surface area contributed by atoms with Crippen LogP contribution in [0, 0.1) is 0 Å². The van der Waals surface area contributed by atoms with Crippen LogP contribution in [-0.4, -0.2) is 37.7 Å². The molecule has 0 aromatic rings. The minimum atomic E-state index is 0.116. The molecule has 4 heteroatoms. The SMILES string of the molecule is CCOC(C)CNCC(=O)NC1CCCCCC1. The molecule has 0 saturated heterocycles. The van der Waals surface area contributed by atoms with Crippen LogP contribution in [0.1, 0.15) is 52.4 Å². The topological polar surface area (TPSA) is 50.4 Å². The largest absolute Gasteiger partial charge is 0.377 e. The quantitative estimate of drug-likeness (QED) is 0.683. The van der Waals surface area contributed by atoms with Gasteiger partial charge in [0.1, 0.15) is 0 Å². The second kappa shape index (κ2) is 9.34. The molecular formula is C14H28N2O2. The van der Waals surface area contributed by atoms with Crippen molar-refractivity contribution in [1.82, 2.24) is 10.6 Å². The first-order valence-corrected chi connectivity index (χ1v) is 7.34. The third-order valence-electron chi connectivity index (χ3n) is 3.39. The number of nitrogens with one attached hydrogen (secondary N) is 2. The fourth-order valence-electron chi connectivity index (χ4n) is 2.43. The van der Waals surface area contributed by atoms with Crippen LogP contribution >= 0.6 is 0 Å². The predicted molar refractivity (Wildman–Crippen MR) is 73.6 cm³/mol. The maximum atomic E-state index is 11.7. The van der Waals surface area contributed by atoms with E-state index in [1.165, 1.54) is 25.7 Å². The summed E-state index contributed by atoms with van der Waals surface area (Å²) in [6, 6.07) is 0.395. The van der Waals surface area contributed by atoms with E-state index < -0.39 is 0 Å². The van der Waals surface area contributed by atoms with E-state index in [-0.39, 0.29) is 12.0 Å². The molecule has 0 spiro atoms. The van der Waals surface area contributed by atoms with Gasteiger partial charge in [0.15, 0.2) is 0 Å². The van der Waals surface area contributed by atoms with Crippen molar-refractivity contribution >= 4 is 5.91 Å². The van der Waals surface area contributed by atoms with Crippen molar-refractivity contribution in [2.75, 3.05) is 19.7 Å². The maximum absolute atomic E-state index is 11.7. The standard InChI is InChI=1S/C14H28N2O2/c1-3-18-12(2)10-15-11-14(17)16-13-8-6-4-5-7-9-13/h12-13,15H,3-11H2,1-2H3,(H,16,17). The molecule has 0 aromatic heterocycles. The second-order valence-electron chi connectivity index (χ2n) is 5.15. The lowest BCUT2D eigenvalue weighted by Crippen LogP contribution is -2.41. The summed E-state index contributed by atoms with van der Waals surface area (Å²) < 4.78 is 5.40. The Labute approximate surface area is 111 Å². The Morgan fingerprint density at radius 2 is 1.94 bits per heavy atom. The molecule has 1 amide bonds. The molecular weight excluding hydrogens is 228 g/mol. The first-order valence-electron chi connectivity index (χ1n) is 7.34. The molecule has 18 heavy (non-hydrogen) atoms. The zero-order valence-corrected chi connectivity index (χ0v) is 11.8. The summed E-state index contributed by atoms with van der Waals surface area (Å²) in [6.45, 7) is 5.84. The molecule has 1 aliphatic rings. The smallest absolute Gasteiger partial charge is 0.234 e. The lowest BCUT2D eigenvalue weighted by molar-refractivity contribution is -0.121. The van der Waals surface area contributed by atoms with E-state index in [2.05, 4.69) is 10.6 Å². The molecule has 106 valence electrons. The number of rotatable bonds is 7. The Hall–Kier alpha value is -0.610. The summed E-state index contributed by atoms with van der Waals surface area (Å²) in [5, 5.41) is 6.26. The number of carbonyl (C=O) groups excluding carboxylic acids is 1. The Kier molecular flexibility index (Phi) is 8.01. The zero-order valence-electron chi connectivity index (χ0n) is 11.8. The average molecular weight is 256 g/mol. The monoisotopic (exact) mass is 256 g/mol. The van der Waals surface area contributed by atoms with Crippen LogP contribution in [0.3, 0.4) is 0 Å². The summed E-state index contributed by atoms with van der Waals surface area (Å²) in [4.78, 5) is 11.7. The molecule has 0 heterocycles. The summed E-state index contributed by atoms with van der Waals surface area (Å²) >= 11 is 0. The van der Waals surface area contributed by atoms with E-state index in [0.717, 1.165) is 26.0 Å². The van der Waals surface area contributed by atoms with Crippen LogP contribution < -0.4 is 10.6 Å². The number of hydrogen-bond donors (Lipinski definition) is 2. The summed E-state index contributed by atoms with van der Waals surface area (Å²) in [5.41, 5.74) is 0. The van der Waals surface area contributed by atoms with Crippen molar-refractivity contribution in [2.24, 2.45) is 0 Å². The maximum Gasteiger partial charge on any atom is 0.234 e. The van der Waals surface area contributed by atoms with Gasteiger partial charge in [-0.2, -0.15) is 0 Å². The lowest BCUT2D eigenvalue weighted by Gasteiger charge is -2.17. The van der Waals surface area contributed by atoms with Gasteiger partial charge < -0.3 is 15.4 Å². The molecule has 1 unspecified atom stereocenters. The van der Waals surface area contributed by atoms with Gasteiger partial charge in [-0.25, -0.2) is 0 Å². The van der Waals surface area contributed by atoms with Crippen LogP contribution in [0.2, 0.25) is 0 Å². The average Bonchev–Trinajstić information content (AvgIpc) is 2.58. The third kappa shape index (κ3) is 6.97. The van der Waals surface area contributed by atoms with E-state index in [1.807, 2.05) is 13.8 Å². The molecule has 4 nitrogen and oxygen atoms in total. The fraction of sp³-hybridized carbons (Fsp3) is 0.929. The lowest BCUT2D eigenvalue weighted by atomic mass is 10.1. The minimum absolute atomic E-state index is 0.116. The van der Waals surface area contributed by atoms with Gasteiger partial charge in [-0.15, -0.1) is 0 Å². The van der Waals surface area contributed by atoms with Crippen LogP contribution in [0.4, 0.5) is 0 Å². The van der Waals surface area contributed by atoms with E-state index in [1.54, 1.807) is 0 Å². The molecule has 0 radical (unpaired) electrons. The van der Waals surface area contributed by atoms with Gasteiger partial charge in [-0.05, 0) is 26.7 Å². The molecule has 1 aliphatic carbocycles. The van der Waals surface area contributed by atoms with Crippen molar-refractivity contribution in [3.63, 3.8) is 0 Å². The Morgan fingerprint density at radius 3 is 2.56 bits per heavy atom. The second-order valence-corrected chi connectivity index (χ2v) is 5.15. The van der Waals surface area contributed by atoms with E-state index in [0.29, 0.717) is 12.6 Å². The molecule has 1 saturated carbocycles. The highest BCUT2D eigenvalue weighted by molar-refractivity contribution is 5.78. The molecule has 0 aliphatic heterocycles. The summed E-state index contributed by atoms with van der Waals surface area (Å²) in [7, 11) is 0. The van der Waals surface area contributed by atoms with Crippen LogP contribution in [0.25, 0.3) is 0 Å². The van der Waals surface area contributed by atoms with Crippen molar-refractivity contribution < 1.29 is 9.53 Å². The van der Waals surface area contributed by atoms with Crippen molar-refractivity contribution in [3.8, 4) is 0 Å². The minimum Gasteiger partial charge on any atom is -0.377 e. The molecule has 0 bridgehead atoms. The van der Waals surface area contributed by atoms with Crippen molar-refractivity contribution in [2.45, 2.75) is 64.5 Å². The van der Waals surface area contributed by atoms with Gasteiger partial charge in [0, 0.05) is 19.2 Å². The van der Waals surface area contributed by atoms with Gasteiger partial charge in [-0.1, -0.05) is 25.7 Å². The Balaban J connectivity index is 2.09. The molecule has 0 aromatic carbocycles.